The highest BCUT2D eigenvalue weighted by Gasteiger charge is 2.14. The van der Waals surface area contributed by atoms with Gasteiger partial charge in [0.05, 0.1) is 11.4 Å². The average Bonchev–Trinajstić information content (AvgIpc) is 2.96. The minimum Gasteiger partial charge on any atom is -0.388 e. The van der Waals surface area contributed by atoms with Gasteiger partial charge in [0.1, 0.15) is 0 Å². The van der Waals surface area contributed by atoms with Crippen LogP contribution < -0.4 is 19.8 Å². The smallest absolute Gasteiger partial charge is 0.319 e. The molecule has 2 N–H and O–H groups in total. The summed E-state index contributed by atoms with van der Waals surface area (Å²) in [6.45, 7) is 27.0. The average molecular weight is 618 g/mol. The molecule has 0 aliphatic heterocycles. The van der Waals surface area contributed by atoms with Gasteiger partial charge in [0.25, 0.3) is 0 Å². The van der Waals surface area contributed by atoms with Crippen LogP contribution in [0.4, 0.5) is 27.5 Å². The van der Waals surface area contributed by atoms with Gasteiger partial charge in [-0.15, -0.1) is 0 Å². The first-order valence-corrected chi connectivity index (χ1v) is 16.4. The molecule has 0 fully saturated rings. The van der Waals surface area contributed by atoms with Gasteiger partial charge in [0, 0.05) is 62.9 Å². The van der Waals surface area contributed by atoms with E-state index in [2.05, 4.69) is 105 Å². The van der Waals surface area contributed by atoms with Crippen molar-refractivity contribution in [3.63, 3.8) is 0 Å². The number of carbonyl (C=O) groups is 1. The molecule has 0 aliphatic rings. The molecular formula is C35H63N5O2S. The Labute approximate surface area is 269 Å². The maximum atomic E-state index is 11.9. The van der Waals surface area contributed by atoms with E-state index in [1.807, 2.05) is 58.2 Å². The lowest BCUT2D eigenvalue weighted by atomic mass is 9.99. The first kappa shape index (κ1) is 42.4. The molecule has 43 heavy (non-hydrogen) atoms. The van der Waals surface area contributed by atoms with Crippen LogP contribution in [0, 0.1) is 11.3 Å². The fourth-order valence-electron chi connectivity index (χ4n) is 2.98. The lowest BCUT2D eigenvalue weighted by molar-refractivity contribution is 0.250. The van der Waals surface area contributed by atoms with Gasteiger partial charge >= 0.3 is 6.03 Å². The number of anilines is 3. The largest absolute Gasteiger partial charge is 0.388 e. The Kier molecular flexibility index (Phi) is 23.4. The zero-order chi connectivity index (χ0) is 33.6. The molecule has 0 spiro atoms. The number of hydrogen-bond donors (Lipinski definition) is 2. The summed E-state index contributed by atoms with van der Waals surface area (Å²) in [5.41, 5.74) is 3.99. The van der Waals surface area contributed by atoms with E-state index >= 15 is 0 Å². The quantitative estimate of drug-likeness (QED) is 0.205. The number of rotatable bonds is 10. The Morgan fingerprint density at radius 1 is 0.977 bits per heavy atom. The predicted octanol–water partition coefficient (Wildman–Crippen LogP) is 10.3. The van der Waals surface area contributed by atoms with Gasteiger partial charge in [0.2, 0.25) is 0 Å². The number of hydrogen-bond acceptors (Lipinski definition) is 6. The van der Waals surface area contributed by atoms with E-state index in [1.165, 1.54) is 6.42 Å². The van der Waals surface area contributed by atoms with Crippen molar-refractivity contribution in [1.29, 1.82) is 0 Å². The van der Waals surface area contributed by atoms with Crippen LogP contribution in [0.25, 0.3) is 0 Å². The number of nitrogens with one attached hydrogen (secondary N) is 2. The van der Waals surface area contributed by atoms with Crippen LogP contribution in [0.15, 0.2) is 52.4 Å². The molecule has 0 saturated carbocycles. The molecule has 0 bridgehead atoms. The van der Waals surface area contributed by atoms with E-state index in [1.54, 1.807) is 26.2 Å². The molecule has 2 aromatic rings. The Bertz CT molecular complexity index is 1020. The highest BCUT2D eigenvalue weighted by atomic mass is 32.2. The third-order valence-corrected chi connectivity index (χ3v) is 6.75. The Balaban J connectivity index is 0. The molecule has 0 aliphatic carbocycles. The van der Waals surface area contributed by atoms with Crippen molar-refractivity contribution in [2.45, 2.75) is 100 Å². The Morgan fingerprint density at radius 3 is 1.93 bits per heavy atom. The van der Waals surface area contributed by atoms with Crippen molar-refractivity contribution in [1.82, 2.24) is 5.32 Å². The molecule has 2 amide bonds. The fourth-order valence-corrected chi connectivity index (χ4v) is 3.84. The van der Waals surface area contributed by atoms with E-state index in [4.69, 9.17) is 4.99 Å². The van der Waals surface area contributed by atoms with Crippen LogP contribution in [0.3, 0.4) is 0 Å². The molecular weight excluding hydrogens is 554 g/mol. The Hall–Kier alpha value is -2.71. The second-order valence-corrected chi connectivity index (χ2v) is 12.7. The molecule has 7 nitrogen and oxygen atoms in total. The number of benzene rings is 2. The van der Waals surface area contributed by atoms with E-state index in [0.717, 1.165) is 46.7 Å². The minimum atomic E-state index is -0.193. The molecule has 246 valence electrons. The summed E-state index contributed by atoms with van der Waals surface area (Å²) >= 11 is 1.67. The number of urea groups is 1. The number of aliphatic imine (C=N–C) groups is 1. The first-order valence-electron chi connectivity index (χ1n) is 15.6. The summed E-state index contributed by atoms with van der Waals surface area (Å²) in [4.78, 5) is 20.1. The van der Waals surface area contributed by atoms with Gasteiger partial charge in [-0.3, -0.25) is 4.99 Å². The highest BCUT2D eigenvalue weighted by molar-refractivity contribution is 8.00. The number of methoxy groups -OCH3 is 1. The molecule has 0 saturated heterocycles. The molecule has 0 atom stereocenters. The van der Waals surface area contributed by atoms with Crippen molar-refractivity contribution < 1.29 is 9.53 Å². The van der Waals surface area contributed by atoms with Gasteiger partial charge in [-0.25, -0.2) is 4.79 Å². The first-order chi connectivity index (χ1) is 20.2. The third kappa shape index (κ3) is 20.0. The van der Waals surface area contributed by atoms with Crippen LogP contribution in [-0.4, -0.2) is 52.6 Å². The van der Waals surface area contributed by atoms with Crippen molar-refractivity contribution in [3.05, 3.63) is 42.5 Å². The summed E-state index contributed by atoms with van der Waals surface area (Å²) < 4.78 is 6.50. The minimum absolute atomic E-state index is 0.0130. The lowest BCUT2D eigenvalue weighted by Gasteiger charge is -2.25. The molecule has 2 aromatic carbocycles. The van der Waals surface area contributed by atoms with Gasteiger partial charge < -0.3 is 24.6 Å². The summed E-state index contributed by atoms with van der Waals surface area (Å²) in [5, 5.41) is 5.69. The number of carbonyl (C=O) groups excluding carboxylic acids is 1. The second-order valence-electron chi connectivity index (χ2n) is 11.6. The molecule has 2 rings (SSSR count). The van der Waals surface area contributed by atoms with Crippen LogP contribution in [0.1, 0.15) is 89.5 Å². The van der Waals surface area contributed by atoms with Crippen molar-refractivity contribution in [2.24, 2.45) is 16.3 Å². The zero-order valence-electron chi connectivity index (χ0n) is 30.0. The van der Waals surface area contributed by atoms with E-state index < -0.39 is 0 Å². The van der Waals surface area contributed by atoms with Crippen molar-refractivity contribution in [3.8, 4) is 0 Å². The van der Waals surface area contributed by atoms with Crippen LogP contribution >= 0.6 is 11.9 Å². The topological polar surface area (TPSA) is 69.2 Å². The number of ether oxygens (including phenoxy) is 1. The standard InChI is InChI=1S/C26H39N5OS.C5H12.C2H6O.C2H6/c1-9-30(8)24-16-13-21(17-23(24)27-18-26(5,6)7)31(10-2)33-22-14-11-20(12-15-22)29-25(32)28-19(3)4;1-4-5(2)3;1-3-2;1-2/h11-19H,9-10H2,1-8H3,(H2,28,29,32);5H,4H2,1-3H3;1-2H3;1-2H3. The van der Waals surface area contributed by atoms with E-state index in [9.17, 15) is 4.79 Å². The summed E-state index contributed by atoms with van der Waals surface area (Å²) in [6, 6.07) is 14.3. The van der Waals surface area contributed by atoms with Crippen LogP contribution in [0.2, 0.25) is 0 Å². The van der Waals surface area contributed by atoms with Gasteiger partial charge in [-0.05, 0) is 93.4 Å². The summed E-state index contributed by atoms with van der Waals surface area (Å²) in [5.74, 6) is 0.884. The lowest BCUT2D eigenvalue weighted by Crippen LogP contribution is -2.34. The van der Waals surface area contributed by atoms with Crippen LogP contribution in [0.5, 0.6) is 0 Å². The maximum absolute atomic E-state index is 11.9. The van der Waals surface area contributed by atoms with Gasteiger partial charge in [-0.1, -0.05) is 61.8 Å². The molecule has 0 unspecified atom stereocenters. The van der Waals surface area contributed by atoms with E-state index in [-0.39, 0.29) is 17.5 Å². The van der Waals surface area contributed by atoms with Gasteiger partial charge in [-0.2, -0.15) is 0 Å². The van der Waals surface area contributed by atoms with Crippen molar-refractivity contribution in [2.75, 3.05) is 48.9 Å². The highest BCUT2D eigenvalue weighted by Crippen LogP contribution is 2.36. The Morgan fingerprint density at radius 2 is 1.51 bits per heavy atom. The fraction of sp³-hybridized carbons (Fsp3) is 0.600. The molecule has 0 radical (unpaired) electrons. The number of amides is 2. The van der Waals surface area contributed by atoms with Crippen molar-refractivity contribution >= 4 is 46.9 Å². The second kappa shape index (κ2) is 23.7. The summed E-state index contributed by atoms with van der Waals surface area (Å²) in [6.07, 6.45) is 3.32. The SMILES string of the molecule is CC.CCC(C)C.CCN(C)c1ccc(N(CC)Sc2ccc(NC(=O)NC(C)C)cc2)cc1N=CC(C)(C)C.COC. The van der Waals surface area contributed by atoms with E-state index in [0.29, 0.717) is 0 Å². The molecule has 0 heterocycles. The molecule has 0 aromatic heterocycles. The maximum Gasteiger partial charge on any atom is 0.319 e. The predicted molar refractivity (Wildman–Crippen MR) is 195 cm³/mol. The van der Waals surface area contributed by atoms with Crippen LogP contribution in [-0.2, 0) is 4.74 Å². The monoisotopic (exact) mass is 617 g/mol. The van der Waals surface area contributed by atoms with Gasteiger partial charge in [0.15, 0.2) is 0 Å². The molecule has 8 heteroatoms. The summed E-state index contributed by atoms with van der Waals surface area (Å²) in [7, 11) is 5.34. The zero-order valence-corrected chi connectivity index (χ0v) is 30.8. The third-order valence-electron chi connectivity index (χ3n) is 5.57. The number of nitrogens with zero attached hydrogens (tertiary/aromatic N) is 3. The normalized spacial score (nSPS) is 10.6.